The quantitative estimate of drug-likeness (QED) is 0.330. The Morgan fingerprint density at radius 3 is 2.53 bits per heavy atom. The van der Waals surface area contributed by atoms with Crippen molar-refractivity contribution < 1.29 is 18.1 Å². The van der Waals surface area contributed by atoms with E-state index in [2.05, 4.69) is 32.6 Å². The van der Waals surface area contributed by atoms with Crippen LogP contribution in [-0.2, 0) is 6.54 Å². The molecule has 9 heteroatoms. The van der Waals surface area contributed by atoms with Gasteiger partial charge >= 0.3 is 6.03 Å². The Morgan fingerprint density at radius 2 is 1.89 bits per heavy atom. The molecule has 0 atom stereocenters. The van der Waals surface area contributed by atoms with Gasteiger partial charge in [0.15, 0.2) is 0 Å². The van der Waals surface area contributed by atoms with Crippen molar-refractivity contribution in [2.24, 2.45) is 5.92 Å². The number of aromatic nitrogens is 3. The van der Waals surface area contributed by atoms with Crippen molar-refractivity contribution in [3.05, 3.63) is 54.2 Å². The number of carbonyl (C=O) groups is 1. The number of halogens is 2. The number of anilines is 1. The first-order chi connectivity index (χ1) is 17.2. The van der Waals surface area contributed by atoms with E-state index in [1.807, 2.05) is 44.3 Å². The molecule has 1 aromatic carbocycles. The number of nitrogens with zero attached hydrogens (tertiary/aromatic N) is 3. The van der Waals surface area contributed by atoms with Crippen LogP contribution in [0.3, 0.4) is 0 Å². The molecule has 2 N–H and O–H groups in total. The lowest BCUT2D eigenvalue weighted by molar-refractivity contribution is -0.0472. The van der Waals surface area contributed by atoms with Crippen molar-refractivity contribution in [3.8, 4) is 22.3 Å². The Bertz CT molecular complexity index is 1380. The Kier molecular flexibility index (Phi) is 6.24. The number of carbonyl (C=O) groups excluding carboxylic acids is 1. The van der Waals surface area contributed by atoms with Crippen molar-refractivity contribution >= 4 is 22.8 Å². The van der Waals surface area contributed by atoms with Gasteiger partial charge in [0.25, 0.3) is 0 Å². The topological polar surface area (TPSA) is 85.0 Å². The van der Waals surface area contributed by atoms with Gasteiger partial charge in [-0.2, -0.15) is 0 Å². The normalized spacial score (nSPS) is 15.8. The second-order valence-corrected chi connectivity index (χ2v) is 9.57. The fraction of sp³-hybridized carbons (Fsp3) is 0.370. The van der Waals surface area contributed by atoms with E-state index in [1.54, 1.807) is 7.05 Å². The maximum absolute atomic E-state index is 13.8. The van der Waals surface area contributed by atoms with Gasteiger partial charge in [-0.25, -0.2) is 13.6 Å². The zero-order chi connectivity index (χ0) is 25.4. The lowest BCUT2D eigenvalue weighted by atomic mass is 9.87. The third-order valence-corrected chi connectivity index (χ3v) is 7.01. The summed E-state index contributed by atoms with van der Waals surface area (Å²) in [6.07, 6.45) is 4.75. The highest BCUT2D eigenvalue weighted by Crippen LogP contribution is 2.39. The highest BCUT2D eigenvalue weighted by molar-refractivity contribution is 5.96. The van der Waals surface area contributed by atoms with E-state index in [9.17, 15) is 13.6 Å². The number of aryl methyl sites for hydroxylation is 2. The van der Waals surface area contributed by atoms with E-state index in [-0.39, 0.29) is 24.8 Å². The van der Waals surface area contributed by atoms with Gasteiger partial charge in [0, 0.05) is 61.2 Å². The Balaban J connectivity index is 1.54. The summed E-state index contributed by atoms with van der Waals surface area (Å²) in [7, 11) is 1.56. The Hall–Kier alpha value is -3.75. The molecule has 0 radical (unpaired) electrons. The van der Waals surface area contributed by atoms with Crippen LogP contribution >= 0.6 is 0 Å². The molecule has 0 bridgehead atoms. The molecule has 4 aromatic rings. The fourth-order valence-electron chi connectivity index (χ4n) is 5.05. The summed E-state index contributed by atoms with van der Waals surface area (Å²) in [6.45, 7) is 4.42. The van der Waals surface area contributed by atoms with E-state index < -0.39 is 5.92 Å². The van der Waals surface area contributed by atoms with E-state index >= 15 is 0 Å². The van der Waals surface area contributed by atoms with Crippen LogP contribution in [0.4, 0.5) is 19.3 Å². The van der Waals surface area contributed by atoms with Crippen LogP contribution < -0.4 is 10.6 Å². The molecule has 1 aliphatic rings. The number of amides is 2. The third kappa shape index (κ3) is 4.69. The van der Waals surface area contributed by atoms with Gasteiger partial charge in [0.05, 0.1) is 16.7 Å². The molecule has 1 saturated carbocycles. The first-order valence-electron chi connectivity index (χ1n) is 12.1. The van der Waals surface area contributed by atoms with Crippen LogP contribution in [0.25, 0.3) is 33.3 Å². The molecular formula is C27H29F2N5O2. The van der Waals surface area contributed by atoms with E-state index in [0.29, 0.717) is 25.1 Å². The van der Waals surface area contributed by atoms with Gasteiger partial charge in [-0.15, -0.1) is 0 Å². The van der Waals surface area contributed by atoms with E-state index in [4.69, 9.17) is 9.51 Å². The molecule has 1 aliphatic carbocycles. The number of benzene rings is 1. The summed E-state index contributed by atoms with van der Waals surface area (Å²) >= 11 is 0. The Labute approximate surface area is 207 Å². The summed E-state index contributed by atoms with van der Waals surface area (Å²) < 4.78 is 35.0. The summed E-state index contributed by atoms with van der Waals surface area (Å²) in [5, 5.41) is 9.37. The van der Waals surface area contributed by atoms with Gasteiger partial charge < -0.3 is 19.7 Å². The van der Waals surface area contributed by atoms with Crippen LogP contribution in [0.15, 0.2) is 47.2 Å². The number of nitrogens with one attached hydrogen (secondary N) is 2. The standard InChI is InChI=1S/C27H29F2N5O2/c1-16-24(17(2)36-33-16)20-12-23-25(31-13-20)22(19-4-6-21(7-5-19)32-26(35)30-3)15-34(23)14-18-8-10-27(28,29)11-9-18/h4-7,12-13,15,18H,8-11,14H2,1-3H3,(H2,30,32,35). The molecule has 5 rings (SSSR count). The number of pyridine rings is 1. The summed E-state index contributed by atoms with van der Waals surface area (Å²) in [4.78, 5) is 16.5. The highest BCUT2D eigenvalue weighted by atomic mass is 19.3. The molecule has 188 valence electrons. The average Bonchev–Trinajstić information content (AvgIpc) is 3.39. The van der Waals surface area contributed by atoms with Crippen LogP contribution in [0, 0.1) is 19.8 Å². The van der Waals surface area contributed by atoms with Crippen molar-refractivity contribution in [2.75, 3.05) is 12.4 Å². The molecule has 0 saturated heterocycles. The van der Waals surface area contributed by atoms with E-state index in [0.717, 1.165) is 44.7 Å². The molecule has 7 nitrogen and oxygen atoms in total. The fourth-order valence-corrected chi connectivity index (χ4v) is 5.05. The zero-order valence-electron chi connectivity index (χ0n) is 20.6. The van der Waals surface area contributed by atoms with Gasteiger partial charge in [-0.05, 0) is 56.4 Å². The van der Waals surface area contributed by atoms with Crippen molar-refractivity contribution in [3.63, 3.8) is 0 Å². The number of hydrogen-bond acceptors (Lipinski definition) is 4. The molecule has 0 unspecified atom stereocenters. The van der Waals surface area contributed by atoms with Gasteiger partial charge in [-0.3, -0.25) is 4.98 Å². The second kappa shape index (κ2) is 9.37. The maximum Gasteiger partial charge on any atom is 0.318 e. The largest absolute Gasteiger partial charge is 0.361 e. The SMILES string of the molecule is CNC(=O)Nc1ccc(-c2cn(CC3CCC(F)(F)CC3)c3cc(-c4c(C)noc4C)cnc23)cc1. The lowest BCUT2D eigenvalue weighted by Gasteiger charge is -2.28. The van der Waals surface area contributed by atoms with Crippen molar-refractivity contribution in [1.29, 1.82) is 0 Å². The highest BCUT2D eigenvalue weighted by Gasteiger charge is 2.35. The molecule has 3 heterocycles. The van der Waals surface area contributed by atoms with Crippen LogP contribution in [0.1, 0.15) is 37.1 Å². The van der Waals surface area contributed by atoms with Crippen LogP contribution in [0.2, 0.25) is 0 Å². The van der Waals surface area contributed by atoms with Crippen molar-refractivity contribution in [2.45, 2.75) is 52.0 Å². The first-order valence-corrected chi connectivity index (χ1v) is 12.1. The van der Waals surface area contributed by atoms with Crippen molar-refractivity contribution in [1.82, 2.24) is 20.0 Å². The molecule has 3 aromatic heterocycles. The number of rotatable bonds is 5. The van der Waals surface area contributed by atoms with Crippen LogP contribution in [-0.4, -0.2) is 33.7 Å². The monoisotopic (exact) mass is 493 g/mol. The van der Waals surface area contributed by atoms with E-state index in [1.165, 1.54) is 0 Å². The average molecular weight is 494 g/mol. The van der Waals surface area contributed by atoms with Crippen LogP contribution in [0.5, 0.6) is 0 Å². The first kappa shape index (κ1) is 24.0. The predicted octanol–water partition coefficient (Wildman–Crippen LogP) is 6.55. The van der Waals surface area contributed by atoms with Gasteiger partial charge in [0.2, 0.25) is 5.92 Å². The molecule has 2 amide bonds. The number of alkyl halides is 2. The lowest BCUT2D eigenvalue weighted by Crippen LogP contribution is -2.26. The van der Waals surface area contributed by atoms with Gasteiger partial charge in [0.1, 0.15) is 5.76 Å². The number of fused-ring (bicyclic) bond motifs is 1. The summed E-state index contributed by atoms with van der Waals surface area (Å²) in [5.74, 6) is -1.65. The zero-order valence-corrected chi connectivity index (χ0v) is 20.6. The Morgan fingerprint density at radius 1 is 1.17 bits per heavy atom. The smallest absolute Gasteiger partial charge is 0.318 e. The number of hydrogen-bond donors (Lipinski definition) is 2. The molecular weight excluding hydrogens is 464 g/mol. The minimum atomic E-state index is -2.55. The summed E-state index contributed by atoms with van der Waals surface area (Å²) in [6, 6.07) is 9.36. The van der Waals surface area contributed by atoms with Gasteiger partial charge in [-0.1, -0.05) is 17.3 Å². The molecule has 0 spiro atoms. The maximum atomic E-state index is 13.8. The molecule has 36 heavy (non-hydrogen) atoms. The summed E-state index contributed by atoms with van der Waals surface area (Å²) in [5.41, 5.74) is 6.97. The minimum Gasteiger partial charge on any atom is -0.361 e. The number of urea groups is 1. The second-order valence-electron chi connectivity index (χ2n) is 9.57. The predicted molar refractivity (Wildman–Crippen MR) is 135 cm³/mol. The molecule has 0 aliphatic heterocycles. The minimum absolute atomic E-state index is 0.0634. The molecule has 1 fully saturated rings. The third-order valence-electron chi connectivity index (χ3n) is 7.01.